The van der Waals surface area contributed by atoms with Crippen molar-refractivity contribution in [1.29, 1.82) is 0 Å². The van der Waals surface area contributed by atoms with Crippen LogP contribution in [0.1, 0.15) is 21.6 Å². The molecule has 0 saturated carbocycles. The first kappa shape index (κ1) is 23.4. The molecule has 0 aliphatic carbocycles. The van der Waals surface area contributed by atoms with Crippen molar-refractivity contribution in [3.05, 3.63) is 64.4 Å². The molecule has 0 atom stereocenters. The van der Waals surface area contributed by atoms with E-state index in [4.69, 9.17) is 4.74 Å². The number of benzene rings is 2. The minimum absolute atomic E-state index is 0.153. The van der Waals surface area contributed by atoms with E-state index in [0.29, 0.717) is 36.5 Å². The average molecular weight is 505 g/mol. The van der Waals surface area contributed by atoms with E-state index in [1.807, 2.05) is 5.38 Å². The predicted octanol–water partition coefficient (Wildman–Crippen LogP) is 4.93. The first-order valence-electron chi connectivity index (χ1n) is 10.7. The maximum atomic E-state index is 13.8. The smallest absolute Gasteiger partial charge is 0.379 e. The van der Waals surface area contributed by atoms with Crippen molar-refractivity contribution in [3.8, 4) is 11.4 Å². The molecule has 1 amide bonds. The number of hydrogen-bond acceptors (Lipinski definition) is 6. The van der Waals surface area contributed by atoms with Gasteiger partial charge in [0.15, 0.2) is 5.13 Å². The van der Waals surface area contributed by atoms with Crippen molar-refractivity contribution >= 4 is 33.4 Å². The van der Waals surface area contributed by atoms with Gasteiger partial charge in [0.05, 0.1) is 35.6 Å². The van der Waals surface area contributed by atoms with Gasteiger partial charge in [0, 0.05) is 30.6 Å². The number of nitrogens with zero attached hydrogens (tertiary/aromatic N) is 3. The molecule has 2 aromatic carbocycles. The third-order valence-electron chi connectivity index (χ3n) is 5.56. The van der Waals surface area contributed by atoms with Gasteiger partial charge in [-0.15, -0.1) is 11.3 Å². The standard InChI is InChI=1S/C23H19F4N5O2S/c24-13-4-5-17(23(25,26)27)16(10-13)20-29-18-3-1-2-15(19(18)30-20)21(33)31-22-28-14(12-35-22)11-32-6-8-34-9-7-32/h1-5,10,12H,6-9,11H2,(H,29,30)(H,28,31,33). The second-order valence-electron chi connectivity index (χ2n) is 7.96. The van der Waals surface area contributed by atoms with E-state index in [0.717, 1.165) is 30.9 Å². The fourth-order valence-corrected chi connectivity index (χ4v) is 4.59. The number of nitrogens with one attached hydrogen (secondary N) is 2. The molecule has 4 aromatic rings. The Morgan fingerprint density at radius 1 is 1.17 bits per heavy atom. The molecule has 182 valence electrons. The number of hydrogen-bond donors (Lipinski definition) is 2. The van der Waals surface area contributed by atoms with Crippen molar-refractivity contribution in [3.63, 3.8) is 0 Å². The third-order valence-corrected chi connectivity index (χ3v) is 6.37. The van der Waals surface area contributed by atoms with Crippen molar-refractivity contribution in [2.45, 2.75) is 12.7 Å². The normalized spacial score (nSPS) is 15.0. The van der Waals surface area contributed by atoms with Gasteiger partial charge in [-0.05, 0) is 30.3 Å². The molecule has 5 rings (SSSR count). The highest BCUT2D eigenvalue weighted by atomic mass is 32.1. The Bertz CT molecular complexity index is 1380. The van der Waals surface area contributed by atoms with Crippen LogP contribution in [0, 0.1) is 5.82 Å². The number of carbonyl (C=O) groups excluding carboxylic acids is 1. The van der Waals surface area contributed by atoms with Crippen LogP contribution >= 0.6 is 11.3 Å². The molecule has 3 heterocycles. The Hall–Kier alpha value is -3.35. The van der Waals surface area contributed by atoms with Gasteiger partial charge < -0.3 is 9.72 Å². The molecule has 1 aliphatic heterocycles. The highest BCUT2D eigenvalue weighted by Crippen LogP contribution is 2.37. The highest BCUT2D eigenvalue weighted by molar-refractivity contribution is 7.14. The molecule has 7 nitrogen and oxygen atoms in total. The van der Waals surface area contributed by atoms with Crippen LogP contribution in [-0.4, -0.2) is 52.1 Å². The lowest BCUT2D eigenvalue weighted by atomic mass is 10.1. The summed E-state index contributed by atoms with van der Waals surface area (Å²) >= 11 is 1.28. The fourth-order valence-electron chi connectivity index (χ4n) is 3.89. The summed E-state index contributed by atoms with van der Waals surface area (Å²) in [5.41, 5.74) is 0.0186. The lowest BCUT2D eigenvalue weighted by Gasteiger charge is -2.25. The summed E-state index contributed by atoms with van der Waals surface area (Å²) < 4.78 is 59.6. The van der Waals surface area contributed by atoms with E-state index in [1.165, 1.54) is 17.4 Å². The Labute approximate surface area is 200 Å². The Balaban J connectivity index is 1.41. The third kappa shape index (κ3) is 5.04. The molecule has 1 aliphatic rings. The van der Waals surface area contributed by atoms with Crippen LogP contribution in [0.2, 0.25) is 0 Å². The molecule has 1 fully saturated rings. The maximum Gasteiger partial charge on any atom is 0.417 e. The number of rotatable bonds is 5. The SMILES string of the molecule is O=C(Nc1nc(CN2CCOCC2)cs1)c1cccc2[nH]c(-c3cc(F)ccc3C(F)(F)F)nc12. The highest BCUT2D eigenvalue weighted by Gasteiger charge is 2.34. The van der Waals surface area contributed by atoms with Crippen molar-refractivity contribution in [2.75, 3.05) is 31.6 Å². The van der Waals surface area contributed by atoms with Crippen LogP contribution in [0.4, 0.5) is 22.7 Å². The van der Waals surface area contributed by atoms with Crippen molar-refractivity contribution < 1.29 is 27.1 Å². The van der Waals surface area contributed by atoms with E-state index in [2.05, 4.69) is 25.2 Å². The molecule has 0 unspecified atom stereocenters. The molecule has 12 heteroatoms. The Kier molecular flexibility index (Phi) is 6.26. The predicted molar refractivity (Wildman–Crippen MR) is 123 cm³/mol. The van der Waals surface area contributed by atoms with Gasteiger partial charge in [0.1, 0.15) is 17.2 Å². The number of aromatic amines is 1. The van der Waals surface area contributed by atoms with Gasteiger partial charge in [-0.3, -0.25) is 15.0 Å². The summed E-state index contributed by atoms with van der Waals surface area (Å²) in [5, 5.41) is 4.99. The minimum Gasteiger partial charge on any atom is -0.379 e. The van der Waals surface area contributed by atoms with Crippen LogP contribution in [0.15, 0.2) is 41.8 Å². The molecule has 2 aromatic heterocycles. The number of carbonyl (C=O) groups is 1. The molecule has 0 bridgehead atoms. The number of H-pyrrole nitrogens is 1. The topological polar surface area (TPSA) is 83.1 Å². The number of thiazole rings is 1. The molecular weight excluding hydrogens is 486 g/mol. The number of morpholine rings is 1. The number of alkyl halides is 3. The average Bonchev–Trinajstić information content (AvgIpc) is 3.45. The number of imidazole rings is 1. The van der Waals surface area contributed by atoms with E-state index < -0.39 is 29.0 Å². The molecule has 1 saturated heterocycles. The lowest BCUT2D eigenvalue weighted by Crippen LogP contribution is -2.35. The molecule has 0 spiro atoms. The summed E-state index contributed by atoms with van der Waals surface area (Å²) in [6, 6.07) is 6.87. The quantitative estimate of drug-likeness (QED) is 0.376. The van der Waals surface area contributed by atoms with Crippen LogP contribution in [-0.2, 0) is 17.5 Å². The van der Waals surface area contributed by atoms with Gasteiger partial charge in [0.2, 0.25) is 0 Å². The summed E-state index contributed by atoms with van der Waals surface area (Å²) in [6.07, 6.45) is -4.70. The largest absolute Gasteiger partial charge is 0.417 e. The number of ether oxygens (including phenoxy) is 1. The monoisotopic (exact) mass is 505 g/mol. The zero-order valence-electron chi connectivity index (χ0n) is 18.2. The second kappa shape index (κ2) is 9.36. The number of fused-ring (bicyclic) bond motifs is 1. The van der Waals surface area contributed by atoms with Crippen molar-refractivity contribution in [1.82, 2.24) is 19.9 Å². The molecule has 2 N–H and O–H groups in total. The minimum atomic E-state index is -4.70. The Morgan fingerprint density at radius 2 is 1.97 bits per heavy atom. The molecular formula is C23H19F4N5O2S. The van der Waals surface area contributed by atoms with E-state index >= 15 is 0 Å². The number of para-hydroxylation sites is 1. The lowest BCUT2D eigenvalue weighted by molar-refractivity contribution is -0.137. The maximum absolute atomic E-state index is 13.8. The first-order chi connectivity index (χ1) is 16.8. The first-order valence-corrected chi connectivity index (χ1v) is 11.6. The van der Waals surface area contributed by atoms with Gasteiger partial charge in [-0.2, -0.15) is 13.2 Å². The Morgan fingerprint density at radius 3 is 2.74 bits per heavy atom. The van der Waals surface area contributed by atoms with E-state index in [-0.39, 0.29) is 16.9 Å². The number of amides is 1. The van der Waals surface area contributed by atoms with E-state index in [1.54, 1.807) is 12.1 Å². The number of halogens is 4. The van der Waals surface area contributed by atoms with Crippen LogP contribution in [0.25, 0.3) is 22.4 Å². The van der Waals surface area contributed by atoms with Gasteiger partial charge in [-0.1, -0.05) is 6.07 Å². The summed E-state index contributed by atoms with van der Waals surface area (Å²) in [7, 11) is 0. The summed E-state index contributed by atoms with van der Waals surface area (Å²) in [5.74, 6) is -1.52. The summed E-state index contributed by atoms with van der Waals surface area (Å²) in [4.78, 5) is 26.7. The van der Waals surface area contributed by atoms with Gasteiger partial charge in [0.25, 0.3) is 5.91 Å². The zero-order valence-corrected chi connectivity index (χ0v) is 19.0. The second-order valence-corrected chi connectivity index (χ2v) is 8.82. The zero-order chi connectivity index (χ0) is 24.6. The fraction of sp³-hybridized carbons (Fsp3) is 0.261. The number of anilines is 1. The van der Waals surface area contributed by atoms with Gasteiger partial charge in [-0.25, -0.2) is 14.4 Å². The van der Waals surface area contributed by atoms with Crippen LogP contribution in [0.5, 0.6) is 0 Å². The van der Waals surface area contributed by atoms with Crippen LogP contribution < -0.4 is 5.32 Å². The van der Waals surface area contributed by atoms with Crippen LogP contribution in [0.3, 0.4) is 0 Å². The van der Waals surface area contributed by atoms with Crippen molar-refractivity contribution in [2.24, 2.45) is 0 Å². The van der Waals surface area contributed by atoms with Gasteiger partial charge >= 0.3 is 6.18 Å². The number of aromatic nitrogens is 3. The van der Waals surface area contributed by atoms with E-state index in [9.17, 15) is 22.4 Å². The molecule has 0 radical (unpaired) electrons. The molecule has 35 heavy (non-hydrogen) atoms. The summed E-state index contributed by atoms with van der Waals surface area (Å²) in [6.45, 7) is 3.60.